The molecule has 0 aliphatic carbocycles. The predicted molar refractivity (Wildman–Crippen MR) is 94.2 cm³/mol. The van der Waals surface area contributed by atoms with E-state index in [1.54, 1.807) is 32.0 Å². The molecule has 0 aromatic heterocycles. The van der Waals surface area contributed by atoms with Crippen LogP contribution in [0.15, 0.2) is 51.3 Å². The molecule has 0 bridgehead atoms. The molecule has 1 heterocycles. The zero-order chi connectivity index (χ0) is 18.6. The quantitative estimate of drug-likeness (QED) is 0.577. The minimum absolute atomic E-state index is 0.0393. The number of benzene rings is 1. The van der Waals surface area contributed by atoms with Gasteiger partial charge in [-0.2, -0.15) is 5.26 Å². The molecule has 7 heteroatoms. The van der Waals surface area contributed by atoms with Gasteiger partial charge in [-0.1, -0.05) is 28.1 Å². The molecule has 0 amide bonds. The van der Waals surface area contributed by atoms with Gasteiger partial charge in [0, 0.05) is 15.9 Å². The van der Waals surface area contributed by atoms with Crippen LogP contribution >= 0.6 is 15.9 Å². The summed E-state index contributed by atoms with van der Waals surface area (Å²) in [6, 6.07) is 9.06. The Morgan fingerprint density at radius 3 is 2.60 bits per heavy atom. The molecule has 2 rings (SSSR count). The highest BCUT2D eigenvalue weighted by Crippen LogP contribution is 2.39. The van der Waals surface area contributed by atoms with E-state index in [2.05, 4.69) is 21.2 Å². The summed E-state index contributed by atoms with van der Waals surface area (Å²) in [5.74, 6) is -2.49. The number of hydrogen-bond donors (Lipinski definition) is 2. The largest absolute Gasteiger partial charge is 0.478 e. The van der Waals surface area contributed by atoms with Crippen LogP contribution in [0, 0.1) is 11.3 Å². The lowest BCUT2D eigenvalue weighted by molar-refractivity contribution is -0.139. The maximum Gasteiger partial charge on any atom is 0.336 e. The summed E-state index contributed by atoms with van der Waals surface area (Å²) < 4.78 is 5.93. The summed E-state index contributed by atoms with van der Waals surface area (Å²) in [5, 5.41) is 21.2. The van der Waals surface area contributed by atoms with Gasteiger partial charge < -0.3 is 15.2 Å². The number of nitriles is 1. The summed E-state index contributed by atoms with van der Waals surface area (Å²) in [6.45, 7) is 3.33. The SMILES string of the molecule is CC1=C(C(=O)O)C(c2cccc(Br)c2)C(C(=O)OCCC#N)=C(C)N1. The fraction of sp³-hybridized carbons (Fsp3) is 0.278. The summed E-state index contributed by atoms with van der Waals surface area (Å²) >= 11 is 3.38. The molecule has 6 nitrogen and oxygen atoms in total. The second-order valence-electron chi connectivity index (χ2n) is 5.54. The molecule has 0 fully saturated rings. The van der Waals surface area contributed by atoms with Gasteiger partial charge in [-0.25, -0.2) is 9.59 Å². The topological polar surface area (TPSA) is 99.4 Å². The molecule has 0 saturated heterocycles. The average Bonchev–Trinajstić information content (AvgIpc) is 2.53. The summed E-state index contributed by atoms with van der Waals surface area (Å²) in [5.41, 5.74) is 2.01. The third kappa shape index (κ3) is 4.09. The number of rotatable bonds is 5. The number of carboxylic acids is 1. The van der Waals surface area contributed by atoms with Gasteiger partial charge in [0.05, 0.1) is 29.6 Å². The van der Waals surface area contributed by atoms with Crippen LogP contribution in [0.5, 0.6) is 0 Å². The van der Waals surface area contributed by atoms with E-state index in [9.17, 15) is 14.7 Å². The van der Waals surface area contributed by atoms with Crippen molar-refractivity contribution in [2.24, 2.45) is 0 Å². The van der Waals surface area contributed by atoms with Crippen molar-refractivity contribution >= 4 is 27.9 Å². The molecule has 1 aromatic carbocycles. The zero-order valence-corrected chi connectivity index (χ0v) is 15.4. The van der Waals surface area contributed by atoms with E-state index in [1.807, 2.05) is 12.1 Å². The van der Waals surface area contributed by atoms with Gasteiger partial charge in [0.1, 0.15) is 6.61 Å². The van der Waals surface area contributed by atoms with Crippen LogP contribution in [0.3, 0.4) is 0 Å². The highest BCUT2D eigenvalue weighted by Gasteiger charge is 2.37. The number of halogens is 1. The number of allylic oxidation sites excluding steroid dienone is 2. The molecule has 0 saturated carbocycles. The Labute approximate surface area is 153 Å². The number of hydrogen-bond acceptors (Lipinski definition) is 5. The highest BCUT2D eigenvalue weighted by molar-refractivity contribution is 9.10. The lowest BCUT2D eigenvalue weighted by Gasteiger charge is -2.29. The second kappa shape index (κ2) is 7.99. The van der Waals surface area contributed by atoms with Crippen LogP contribution in [-0.2, 0) is 14.3 Å². The first-order valence-corrected chi connectivity index (χ1v) is 8.37. The normalized spacial score (nSPS) is 17.0. The summed E-state index contributed by atoms with van der Waals surface area (Å²) in [4.78, 5) is 24.4. The van der Waals surface area contributed by atoms with E-state index >= 15 is 0 Å². The van der Waals surface area contributed by atoms with E-state index in [4.69, 9.17) is 10.00 Å². The van der Waals surface area contributed by atoms with Gasteiger partial charge in [0.2, 0.25) is 0 Å². The molecule has 130 valence electrons. The average molecular weight is 405 g/mol. The Kier molecular flexibility index (Phi) is 5.99. The number of carbonyl (C=O) groups excluding carboxylic acids is 1. The monoisotopic (exact) mass is 404 g/mol. The summed E-state index contributed by atoms with van der Waals surface area (Å²) in [6.07, 6.45) is 0.0771. The molecule has 1 atom stereocenters. The van der Waals surface area contributed by atoms with Crippen LogP contribution < -0.4 is 5.32 Å². The maximum absolute atomic E-state index is 12.6. The van der Waals surface area contributed by atoms with Crippen molar-refractivity contribution in [1.82, 2.24) is 5.32 Å². The van der Waals surface area contributed by atoms with Crippen LogP contribution in [0.2, 0.25) is 0 Å². The minimum atomic E-state index is -1.11. The first-order valence-electron chi connectivity index (χ1n) is 7.58. The van der Waals surface area contributed by atoms with Gasteiger partial charge in [-0.3, -0.25) is 0 Å². The number of ether oxygens (including phenoxy) is 1. The van der Waals surface area contributed by atoms with E-state index in [0.29, 0.717) is 17.0 Å². The number of carboxylic acid groups (broad SMARTS) is 1. The van der Waals surface area contributed by atoms with E-state index < -0.39 is 17.9 Å². The van der Waals surface area contributed by atoms with Gasteiger partial charge in [-0.15, -0.1) is 0 Å². The predicted octanol–water partition coefficient (Wildman–Crippen LogP) is 3.23. The molecule has 1 aliphatic rings. The third-order valence-electron chi connectivity index (χ3n) is 3.84. The molecule has 0 radical (unpaired) electrons. The van der Waals surface area contributed by atoms with Gasteiger partial charge >= 0.3 is 11.9 Å². The van der Waals surface area contributed by atoms with E-state index in [0.717, 1.165) is 4.47 Å². The lowest BCUT2D eigenvalue weighted by Crippen LogP contribution is -2.31. The number of aliphatic carboxylic acids is 1. The first kappa shape index (κ1) is 18.7. The lowest BCUT2D eigenvalue weighted by atomic mass is 9.80. The molecule has 1 aliphatic heterocycles. The van der Waals surface area contributed by atoms with E-state index in [-0.39, 0.29) is 24.2 Å². The van der Waals surface area contributed by atoms with Crippen molar-refractivity contribution in [1.29, 1.82) is 5.26 Å². The van der Waals surface area contributed by atoms with Crippen molar-refractivity contribution in [3.8, 4) is 6.07 Å². The molecule has 0 spiro atoms. The fourth-order valence-corrected chi connectivity index (χ4v) is 3.25. The van der Waals surface area contributed by atoms with Gasteiger partial charge in [-0.05, 0) is 31.5 Å². The number of dihydropyridines is 1. The second-order valence-corrected chi connectivity index (χ2v) is 6.46. The molecule has 25 heavy (non-hydrogen) atoms. The molecular weight excluding hydrogens is 388 g/mol. The van der Waals surface area contributed by atoms with E-state index in [1.165, 1.54) is 0 Å². The van der Waals surface area contributed by atoms with Crippen molar-refractivity contribution < 1.29 is 19.4 Å². The standard InChI is InChI=1S/C18H17BrN2O4/c1-10-14(17(22)23)16(12-5-3-6-13(19)9-12)15(11(2)21-10)18(24)25-8-4-7-20/h3,5-6,9,16,21H,4,8H2,1-2H3,(H,22,23). The van der Waals surface area contributed by atoms with Crippen LogP contribution in [0.1, 0.15) is 31.7 Å². The third-order valence-corrected chi connectivity index (χ3v) is 4.33. The van der Waals surface area contributed by atoms with Crippen molar-refractivity contribution in [2.45, 2.75) is 26.2 Å². The Morgan fingerprint density at radius 1 is 1.32 bits per heavy atom. The molecule has 1 unspecified atom stereocenters. The fourth-order valence-electron chi connectivity index (χ4n) is 2.83. The van der Waals surface area contributed by atoms with Crippen LogP contribution in [0.4, 0.5) is 0 Å². The smallest absolute Gasteiger partial charge is 0.336 e. The van der Waals surface area contributed by atoms with Gasteiger partial charge in [0.25, 0.3) is 0 Å². The highest BCUT2D eigenvalue weighted by atomic mass is 79.9. The van der Waals surface area contributed by atoms with Crippen molar-refractivity contribution in [3.05, 3.63) is 56.8 Å². The Balaban J connectivity index is 2.54. The Bertz CT molecular complexity index is 821. The van der Waals surface area contributed by atoms with Crippen LogP contribution in [0.25, 0.3) is 0 Å². The minimum Gasteiger partial charge on any atom is -0.478 e. The van der Waals surface area contributed by atoms with Crippen LogP contribution in [-0.4, -0.2) is 23.7 Å². The van der Waals surface area contributed by atoms with Crippen molar-refractivity contribution in [3.63, 3.8) is 0 Å². The molecule has 1 aromatic rings. The number of nitrogens with one attached hydrogen (secondary N) is 1. The first-order chi connectivity index (χ1) is 11.9. The molecule has 2 N–H and O–H groups in total. The number of carbonyl (C=O) groups is 2. The summed E-state index contributed by atoms with van der Waals surface area (Å²) in [7, 11) is 0. The Hall–Kier alpha value is -2.59. The number of nitrogens with zero attached hydrogens (tertiary/aromatic N) is 1. The maximum atomic E-state index is 12.6. The molecular formula is C18H17BrN2O4. The van der Waals surface area contributed by atoms with Crippen molar-refractivity contribution in [2.75, 3.05) is 6.61 Å². The van der Waals surface area contributed by atoms with Gasteiger partial charge in [0.15, 0.2) is 0 Å². The zero-order valence-electron chi connectivity index (χ0n) is 13.8. The number of esters is 1. The Morgan fingerprint density at radius 2 is 2.00 bits per heavy atom.